The summed E-state index contributed by atoms with van der Waals surface area (Å²) < 4.78 is 15.9. The van der Waals surface area contributed by atoms with Gasteiger partial charge in [0.2, 0.25) is 0 Å². The zero-order valence-electron chi connectivity index (χ0n) is 15.7. The molecule has 0 radical (unpaired) electrons. The second kappa shape index (κ2) is 10.9. The standard InChI is InChI=1S/C19H31N3O3/c1-4-20-19(22-10-9-17(14-22)15-24-3)21-13-16-5-7-18(8-6-16)25-12-11-23-2/h5-8,17H,4,9-15H2,1-3H3,(H,20,21). The first-order valence-electron chi connectivity index (χ1n) is 8.99. The van der Waals surface area contributed by atoms with Crippen LogP contribution in [0.25, 0.3) is 0 Å². The molecule has 1 aromatic carbocycles. The Morgan fingerprint density at radius 3 is 2.68 bits per heavy atom. The Hall–Kier alpha value is -1.79. The van der Waals surface area contributed by atoms with E-state index in [1.807, 2.05) is 12.1 Å². The highest BCUT2D eigenvalue weighted by Gasteiger charge is 2.24. The molecule has 0 aromatic heterocycles. The molecular weight excluding hydrogens is 318 g/mol. The molecule has 140 valence electrons. The Morgan fingerprint density at radius 2 is 2.00 bits per heavy atom. The molecule has 1 aromatic rings. The summed E-state index contributed by atoms with van der Waals surface area (Å²) in [7, 11) is 3.44. The number of guanidine groups is 1. The van der Waals surface area contributed by atoms with Gasteiger partial charge in [-0.25, -0.2) is 4.99 Å². The molecule has 6 nitrogen and oxygen atoms in total. The Labute approximate surface area is 151 Å². The lowest BCUT2D eigenvalue weighted by molar-refractivity contribution is 0.146. The fraction of sp³-hybridized carbons (Fsp3) is 0.632. The maximum absolute atomic E-state index is 5.59. The Balaban J connectivity index is 1.90. The number of benzene rings is 1. The van der Waals surface area contributed by atoms with Gasteiger partial charge in [-0.2, -0.15) is 0 Å². The average Bonchev–Trinajstić information content (AvgIpc) is 3.09. The van der Waals surface area contributed by atoms with Gasteiger partial charge >= 0.3 is 0 Å². The number of aliphatic imine (C=N–C) groups is 1. The molecule has 1 fully saturated rings. The van der Waals surface area contributed by atoms with Crippen LogP contribution in [-0.2, 0) is 16.0 Å². The molecule has 1 saturated heterocycles. The minimum absolute atomic E-state index is 0.566. The molecule has 1 heterocycles. The number of likely N-dealkylation sites (tertiary alicyclic amines) is 1. The van der Waals surface area contributed by atoms with Gasteiger partial charge in [0.25, 0.3) is 0 Å². The largest absolute Gasteiger partial charge is 0.491 e. The summed E-state index contributed by atoms with van der Waals surface area (Å²) in [4.78, 5) is 7.12. The quantitative estimate of drug-likeness (QED) is 0.421. The van der Waals surface area contributed by atoms with Crippen molar-refractivity contribution in [1.82, 2.24) is 10.2 Å². The van der Waals surface area contributed by atoms with Gasteiger partial charge in [-0.15, -0.1) is 0 Å². The molecule has 25 heavy (non-hydrogen) atoms. The smallest absolute Gasteiger partial charge is 0.194 e. The van der Waals surface area contributed by atoms with Crippen LogP contribution in [0.5, 0.6) is 5.75 Å². The van der Waals surface area contributed by atoms with Crippen LogP contribution in [0.15, 0.2) is 29.3 Å². The van der Waals surface area contributed by atoms with Crippen LogP contribution in [0.1, 0.15) is 18.9 Å². The van der Waals surface area contributed by atoms with E-state index in [1.165, 1.54) is 5.56 Å². The molecule has 1 N–H and O–H groups in total. The van der Waals surface area contributed by atoms with Gasteiger partial charge in [0.1, 0.15) is 12.4 Å². The molecule has 0 bridgehead atoms. The van der Waals surface area contributed by atoms with Crippen molar-refractivity contribution in [3.8, 4) is 5.75 Å². The van der Waals surface area contributed by atoms with Crippen LogP contribution >= 0.6 is 0 Å². The second-order valence-corrected chi connectivity index (χ2v) is 6.21. The van der Waals surface area contributed by atoms with E-state index < -0.39 is 0 Å². The summed E-state index contributed by atoms with van der Waals surface area (Å²) in [5.74, 6) is 2.44. The molecule has 1 unspecified atom stereocenters. The van der Waals surface area contributed by atoms with E-state index >= 15 is 0 Å². The Bertz CT molecular complexity index is 519. The topological polar surface area (TPSA) is 55.3 Å². The number of nitrogens with zero attached hydrogens (tertiary/aromatic N) is 2. The highest BCUT2D eigenvalue weighted by atomic mass is 16.5. The van der Waals surface area contributed by atoms with E-state index in [0.29, 0.717) is 25.7 Å². The number of ether oxygens (including phenoxy) is 3. The van der Waals surface area contributed by atoms with E-state index in [4.69, 9.17) is 19.2 Å². The van der Waals surface area contributed by atoms with Gasteiger partial charge in [0, 0.05) is 39.8 Å². The van der Waals surface area contributed by atoms with Crippen LogP contribution in [0.4, 0.5) is 0 Å². The molecule has 0 spiro atoms. The normalized spacial score (nSPS) is 17.8. The molecule has 1 atom stereocenters. The molecule has 0 saturated carbocycles. The first kappa shape index (κ1) is 19.5. The summed E-state index contributed by atoms with van der Waals surface area (Å²) in [5.41, 5.74) is 1.17. The molecule has 1 aliphatic heterocycles. The average molecular weight is 349 g/mol. The highest BCUT2D eigenvalue weighted by Crippen LogP contribution is 2.17. The van der Waals surface area contributed by atoms with E-state index in [1.54, 1.807) is 14.2 Å². The molecule has 0 aliphatic carbocycles. The molecule has 6 heteroatoms. The van der Waals surface area contributed by atoms with Crippen LogP contribution < -0.4 is 10.1 Å². The number of nitrogens with one attached hydrogen (secondary N) is 1. The van der Waals surface area contributed by atoms with Crippen molar-refractivity contribution < 1.29 is 14.2 Å². The van der Waals surface area contributed by atoms with Gasteiger partial charge in [0.05, 0.1) is 19.8 Å². The highest BCUT2D eigenvalue weighted by molar-refractivity contribution is 5.80. The zero-order valence-corrected chi connectivity index (χ0v) is 15.7. The summed E-state index contributed by atoms with van der Waals surface area (Å²) in [6.07, 6.45) is 1.16. The summed E-state index contributed by atoms with van der Waals surface area (Å²) in [6.45, 7) is 7.65. The van der Waals surface area contributed by atoms with E-state index in [-0.39, 0.29) is 0 Å². The van der Waals surface area contributed by atoms with Crippen LogP contribution in [-0.4, -0.2) is 64.5 Å². The van der Waals surface area contributed by atoms with Crippen LogP contribution in [0, 0.1) is 5.92 Å². The zero-order chi connectivity index (χ0) is 17.9. The van der Waals surface area contributed by atoms with Crippen molar-refractivity contribution in [1.29, 1.82) is 0 Å². The van der Waals surface area contributed by atoms with Crippen molar-refractivity contribution >= 4 is 5.96 Å². The summed E-state index contributed by atoms with van der Waals surface area (Å²) in [6, 6.07) is 8.09. The SMILES string of the molecule is CCNC(=NCc1ccc(OCCOC)cc1)N1CCC(COC)C1. The van der Waals surface area contributed by atoms with Gasteiger partial charge in [-0.05, 0) is 31.0 Å². The minimum Gasteiger partial charge on any atom is -0.491 e. The van der Waals surface area contributed by atoms with E-state index in [9.17, 15) is 0 Å². The number of hydrogen-bond donors (Lipinski definition) is 1. The molecule has 1 aliphatic rings. The van der Waals surface area contributed by atoms with E-state index in [0.717, 1.165) is 44.4 Å². The van der Waals surface area contributed by atoms with Crippen molar-refractivity contribution in [2.24, 2.45) is 10.9 Å². The van der Waals surface area contributed by atoms with Gasteiger partial charge in [0.15, 0.2) is 5.96 Å². The van der Waals surface area contributed by atoms with Gasteiger partial charge in [-0.1, -0.05) is 12.1 Å². The van der Waals surface area contributed by atoms with Crippen LogP contribution in [0.2, 0.25) is 0 Å². The number of rotatable bonds is 9. The first-order chi connectivity index (χ1) is 12.3. The predicted octanol–water partition coefficient (Wildman–Crippen LogP) is 2.15. The lowest BCUT2D eigenvalue weighted by Crippen LogP contribution is -2.40. The summed E-state index contributed by atoms with van der Waals surface area (Å²) >= 11 is 0. The fourth-order valence-corrected chi connectivity index (χ4v) is 2.92. The lowest BCUT2D eigenvalue weighted by Gasteiger charge is -2.21. The van der Waals surface area contributed by atoms with Crippen molar-refractivity contribution in [3.05, 3.63) is 29.8 Å². The number of methoxy groups -OCH3 is 2. The molecule has 2 rings (SSSR count). The maximum Gasteiger partial charge on any atom is 0.194 e. The van der Waals surface area contributed by atoms with Crippen molar-refractivity contribution in [2.45, 2.75) is 19.9 Å². The van der Waals surface area contributed by atoms with Gasteiger partial charge in [-0.3, -0.25) is 0 Å². The third kappa shape index (κ3) is 6.55. The third-order valence-corrected chi connectivity index (χ3v) is 4.21. The first-order valence-corrected chi connectivity index (χ1v) is 8.99. The number of hydrogen-bond acceptors (Lipinski definition) is 4. The van der Waals surface area contributed by atoms with Gasteiger partial charge < -0.3 is 24.4 Å². The van der Waals surface area contributed by atoms with E-state index in [2.05, 4.69) is 29.3 Å². The van der Waals surface area contributed by atoms with Crippen LogP contribution in [0.3, 0.4) is 0 Å². The summed E-state index contributed by atoms with van der Waals surface area (Å²) in [5, 5.41) is 3.40. The molecular formula is C19H31N3O3. The fourth-order valence-electron chi connectivity index (χ4n) is 2.92. The Morgan fingerprint density at radius 1 is 1.20 bits per heavy atom. The molecule has 0 amide bonds. The maximum atomic E-state index is 5.59. The third-order valence-electron chi connectivity index (χ3n) is 4.21. The lowest BCUT2D eigenvalue weighted by atomic mass is 10.1. The second-order valence-electron chi connectivity index (χ2n) is 6.21. The Kier molecular flexibility index (Phi) is 8.55. The van der Waals surface area contributed by atoms with Crippen molar-refractivity contribution in [3.63, 3.8) is 0 Å². The predicted molar refractivity (Wildman–Crippen MR) is 100 cm³/mol. The monoisotopic (exact) mass is 349 g/mol. The minimum atomic E-state index is 0.566. The van der Waals surface area contributed by atoms with Crippen molar-refractivity contribution in [2.75, 3.05) is 53.7 Å².